The van der Waals surface area contributed by atoms with E-state index in [4.69, 9.17) is 0 Å². The highest BCUT2D eigenvalue weighted by atomic mass is 79.9. The number of rotatable bonds is 3. The predicted molar refractivity (Wildman–Crippen MR) is 55.1 cm³/mol. The number of alkyl halides is 4. The van der Waals surface area contributed by atoms with Crippen LogP contribution in [0.25, 0.3) is 0 Å². The first-order valence-corrected chi connectivity index (χ1v) is 5.13. The second-order valence-electron chi connectivity index (χ2n) is 3.47. The van der Waals surface area contributed by atoms with Crippen LogP contribution in [0.3, 0.4) is 0 Å². The normalized spacial score (nSPS) is 12.7. The van der Waals surface area contributed by atoms with E-state index in [9.17, 15) is 17.6 Å². The van der Waals surface area contributed by atoms with E-state index in [1.165, 1.54) is 12.1 Å². The fourth-order valence-electron chi connectivity index (χ4n) is 0.999. The van der Waals surface area contributed by atoms with E-state index in [1.54, 1.807) is 13.0 Å². The number of halogens is 5. The van der Waals surface area contributed by atoms with Crippen LogP contribution in [-0.4, -0.2) is 12.0 Å². The van der Waals surface area contributed by atoms with Crippen molar-refractivity contribution in [1.82, 2.24) is 0 Å². The van der Waals surface area contributed by atoms with Crippen LogP contribution in [0.4, 0.5) is 17.6 Å². The van der Waals surface area contributed by atoms with E-state index >= 15 is 0 Å². The van der Waals surface area contributed by atoms with E-state index in [2.05, 4.69) is 20.7 Å². The van der Waals surface area contributed by atoms with Crippen molar-refractivity contribution >= 4 is 15.9 Å². The highest BCUT2D eigenvalue weighted by Gasteiger charge is 2.55. The van der Waals surface area contributed by atoms with Crippen LogP contribution in [0.15, 0.2) is 22.7 Å². The average molecular weight is 301 g/mol. The van der Waals surface area contributed by atoms with Gasteiger partial charge in [0.15, 0.2) is 0 Å². The van der Waals surface area contributed by atoms with Gasteiger partial charge in [0.2, 0.25) is 0 Å². The minimum atomic E-state index is -4.53. The molecule has 0 amide bonds. The van der Waals surface area contributed by atoms with Crippen LogP contribution in [0.5, 0.6) is 5.75 Å². The molecule has 0 atom stereocenters. The molecule has 0 aliphatic rings. The topological polar surface area (TPSA) is 9.23 Å². The third-order valence-corrected chi connectivity index (χ3v) is 2.23. The Morgan fingerprint density at radius 3 is 2.12 bits per heavy atom. The zero-order valence-electron chi connectivity index (χ0n) is 8.53. The van der Waals surface area contributed by atoms with Gasteiger partial charge in [-0.25, -0.2) is 0 Å². The van der Waals surface area contributed by atoms with Crippen LogP contribution in [0.2, 0.25) is 0 Å². The van der Waals surface area contributed by atoms with Crippen molar-refractivity contribution < 1.29 is 22.3 Å². The smallest absolute Gasteiger partial charge is 0.428 e. The number of ether oxygens (including phenoxy) is 1. The Morgan fingerprint density at radius 1 is 1.12 bits per heavy atom. The van der Waals surface area contributed by atoms with E-state index < -0.39 is 12.0 Å². The molecule has 90 valence electrons. The third-order valence-electron chi connectivity index (χ3n) is 1.77. The first-order valence-electron chi connectivity index (χ1n) is 4.34. The summed E-state index contributed by atoms with van der Waals surface area (Å²) in [4.78, 5) is 0. The highest BCUT2D eigenvalue weighted by Crippen LogP contribution is 2.36. The molecule has 0 fully saturated rings. The van der Waals surface area contributed by atoms with Gasteiger partial charge in [0, 0.05) is 11.4 Å². The first-order chi connectivity index (χ1) is 7.12. The SMILES string of the molecule is Cc1cc(Br)cc(OC(F)(F)C(C)(F)F)c1. The number of aryl methyl sites for hydroxylation is 1. The third kappa shape index (κ3) is 3.10. The van der Waals surface area contributed by atoms with E-state index in [0.29, 0.717) is 10.0 Å². The quantitative estimate of drug-likeness (QED) is 0.753. The summed E-state index contributed by atoms with van der Waals surface area (Å²) in [6.07, 6.45) is -4.53. The van der Waals surface area contributed by atoms with Crippen molar-refractivity contribution in [2.45, 2.75) is 25.9 Å². The summed E-state index contributed by atoms with van der Waals surface area (Å²) in [5.41, 5.74) is 0.625. The van der Waals surface area contributed by atoms with Crippen LogP contribution in [0, 0.1) is 6.92 Å². The van der Waals surface area contributed by atoms with Crippen LogP contribution < -0.4 is 4.74 Å². The van der Waals surface area contributed by atoms with Gasteiger partial charge in [-0.15, -0.1) is 0 Å². The van der Waals surface area contributed by atoms with Gasteiger partial charge >= 0.3 is 12.0 Å². The summed E-state index contributed by atoms with van der Waals surface area (Å²) in [6.45, 7) is 1.75. The summed E-state index contributed by atoms with van der Waals surface area (Å²) in [5.74, 6) is -4.54. The minimum Gasteiger partial charge on any atom is -0.428 e. The fraction of sp³-hybridized carbons (Fsp3) is 0.400. The molecule has 0 aliphatic carbocycles. The monoisotopic (exact) mass is 300 g/mol. The Morgan fingerprint density at radius 2 is 1.69 bits per heavy atom. The molecule has 0 bridgehead atoms. The Balaban J connectivity index is 2.96. The molecule has 0 aliphatic heterocycles. The van der Waals surface area contributed by atoms with Gasteiger partial charge in [-0.3, -0.25) is 0 Å². The lowest BCUT2D eigenvalue weighted by atomic mass is 10.2. The second kappa shape index (κ2) is 4.24. The summed E-state index contributed by atoms with van der Waals surface area (Å²) < 4.78 is 55.3. The number of benzene rings is 1. The summed E-state index contributed by atoms with van der Waals surface area (Å²) in [5, 5.41) is 0. The molecule has 1 aromatic rings. The fourth-order valence-corrected chi connectivity index (χ4v) is 1.59. The highest BCUT2D eigenvalue weighted by molar-refractivity contribution is 9.10. The summed E-state index contributed by atoms with van der Waals surface area (Å²) in [6, 6.07) is 4.10. The molecule has 6 heteroatoms. The van der Waals surface area contributed by atoms with E-state index in [0.717, 1.165) is 0 Å². The molecule has 0 heterocycles. The molecular formula is C10H9BrF4O. The largest absolute Gasteiger partial charge is 0.463 e. The van der Waals surface area contributed by atoms with Gasteiger partial charge in [0.25, 0.3) is 0 Å². The summed E-state index contributed by atoms with van der Waals surface area (Å²) >= 11 is 3.06. The predicted octanol–water partition coefficient (Wildman–Crippen LogP) is 4.38. The van der Waals surface area contributed by atoms with E-state index in [1.807, 2.05) is 0 Å². The Kier molecular flexibility index (Phi) is 3.52. The van der Waals surface area contributed by atoms with Gasteiger partial charge in [-0.2, -0.15) is 17.6 Å². The molecule has 1 rings (SSSR count). The number of hydrogen-bond donors (Lipinski definition) is 0. The Hall–Kier alpha value is -0.780. The van der Waals surface area contributed by atoms with Gasteiger partial charge in [-0.1, -0.05) is 15.9 Å². The molecule has 0 aromatic heterocycles. The maximum atomic E-state index is 12.9. The molecule has 0 unspecified atom stereocenters. The molecule has 0 spiro atoms. The molecule has 1 nitrogen and oxygen atoms in total. The first kappa shape index (κ1) is 13.3. The minimum absolute atomic E-state index is 0.109. The van der Waals surface area contributed by atoms with Crippen molar-refractivity contribution in [1.29, 1.82) is 0 Å². The van der Waals surface area contributed by atoms with Crippen LogP contribution in [-0.2, 0) is 0 Å². The van der Waals surface area contributed by atoms with Gasteiger partial charge < -0.3 is 4.74 Å². The lowest BCUT2D eigenvalue weighted by Crippen LogP contribution is -2.42. The maximum absolute atomic E-state index is 12.9. The number of hydrogen-bond acceptors (Lipinski definition) is 1. The van der Waals surface area contributed by atoms with Gasteiger partial charge in [-0.05, 0) is 30.7 Å². The zero-order valence-corrected chi connectivity index (χ0v) is 10.1. The molecule has 0 saturated heterocycles. The molecule has 0 saturated carbocycles. The van der Waals surface area contributed by atoms with E-state index in [-0.39, 0.29) is 12.7 Å². The molecule has 16 heavy (non-hydrogen) atoms. The summed E-state index contributed by atoms with van der Waals surface area (Å²) in [7, 11) is 0. The molecular weight excluding hydrogens is 292 g/mol. The van der Waals surface area contributed by atoms with Crippen LogP contribution >= 0.6 is 15.9 Å². The molecule has 1 aromatic carbocycles. The Labute approximate surface area is 98.5 Å². The van der Waals surface area contributed by atoms with Crippen LogP contribution in [0.1, 0.15) is 12.5 Å². The maximum Gasteiger partial charge on any atom is 0.463 e. The zero-order chi connectivity index (χ0) is 12.6. The second-order valence-corrected chi connectivity index (χ2v) is 4.39. The molecule has 0 radical (unpaired) electrons. The van der Waals surface area contributed by atoms with Crippen molar-refractivity contribution in [3.63, 3.8) is 0 Å². The van der Waals surface area contributed by atoms with Crippen molar-refractivity contribution in [3.8, 4) is 5.75 Å². The van der Waals surface area contributed by atoms with Crippen molar-refractivity contribution in [3.05, 3.63) is 28.2 Å². The van der Waals surface area contributed by atoms with Crippen molar-refractivity contribution in [2.24, 2.45) is 0 Å². The standard InChI is InChI=1S/C10H9BrF4O/c1-6-3-7(11)5-8(4-6)16-10(14,15)9(2,12)13/h3-5H,1-2H3. The average Bonchev–Trinajstić information content (AvgIpc) is 1.97. The lowest BCUT2D eigenvalue weighted by molar-refractivity contribution is -0.301. The lowest BCUT2D eigenvalue weighted by Gasteiger charge is -2.23. The van der Waals surface area contributed by atoms with Crippen molar-refractivity contribution in [2.75, 3.05) is 0 Å². The van der Waals surface area contributed by atoms with Gasteiger partial charge in [0.05, 0.1) is 0 Å². The Bertz CT molecular complexity index is 367. The van der Waals surface area contributed by atoms with Gasteiger partial charge in [0.1, 0.15) is 5.75 Å². The molecule has 0 N–H and O–H groups in total.